The lowest BCUT2D eigenvalue weighted by Gasteiger charge is -2.16. The minimum atomic E-state index is -0.0510. The van der Waals surface area contributed by atoms with Crippen molar-refractivity contribution in [3.8, 4) is 0 Å². The first-order valence-corrected chi connectivity index (χ1v) is 9.54. The van der Waals surface area contributed by atoms with E-state index in [1.807, 2.05) is 49.4 Å². The lowest BCUT2D eigenvalue weighted by molar-refractivity contribution is -0.119. The van der Waals surface area contributed by atoms with Gasteiger partial charge in [0.2, 0.25) is 5.91 Å². The maximum Gasteiger partial charge on any atom is 0.230 e. The first-order valence-electron chi connectivity index (χ1n) is 8.55. The number of rotatable bonds is 5. The molecule has 0 aliphatic carbocycles. The Labute approximate surface area is 156 Å². The van der Waals surface area contributed by atoms with Crippen LogP contribution in [0.5, 0.6) is 0 Å². The Bertz CT molecular complexity index is 1030. The Morgan fingerprint density at radius 1 is 1.08 bits per heavy atom. The van der Waals surface area contributed by atoms with Crippen molar-refractivity contribution in [1.82, 2.24) is 15.3 Å². The highest BCUT2D eigenvalue weighted by Gasteiger charge is 2.13. The molecule has 26 heavy (non-hydrogen) atoms. The quantitative estimate of drug-likeness (QED) is 0.507. The van der Waals surface area contributed by atoms with Gasteiger partial charge < -0.3 is 10.3 Å². The molecule has 2 N–H and O–H groups in total. The molecule has 1 atom stereocenters. The molecule has 3 aromatic carbocycles. The van der Waals surface area contributed by atoms with Crippen LogP contribution < -0.4 is 5.32 Å². The third kappa shape index (κ3) is 3.44. The molecule has 4 rings (SSSR count). The first kappa shape index (κ1) is 16.7. The number of H-pyrrole nitrogens is 1. The SMILES string of the molecule is C[C@H](NC(=O)CSc1nc2ccccc2[nH]1)c1cccc2ccccc12. The van der Waals surface area contributed by atoms with E-state index in [1.54, 1.807) is 0 Å². The maximum atomic E-state index is 12.4. The van der Waals surface area contributed by atoms with Crippen LogP contribution >= 0.6 is 11.8 Å². The summed E-state index contributed by atoms with van der Waals surface area (Å²) in [5.74, 6) is 0.324. The van der Waals surface area contributed by atoms with Crippen molar-refractivity contribution < 1.29 is 4.79 Å². The number of para-hydroxylation sites is 2. The number of hydrogen-bond donors (Lipinski definition) is 2. The second-order valence-electron chi connectivity index (χ2n) is 6.21. The van der Waals surface area contributed by atoms with Crippen LogP contribution in [0.25, 0.3) is 21.8 Å². The van der Waals surface area contributed by atoms with Gasteiger partial charge in [-0.25, -0.2) is 4.98 Å². The number of hydrogen-bond acceptors (Lipinski definition) is 3. The average molecular weight is 361 g/mol. The molecule has 0 radical (unpaired) electrons. The summed E-state index contributed by atoms with van der Waals surface area (Å²) in [4.78, 5) is 20.1. The number of carbonyl (C=O) groups is 1. The minimum Gasteiger partial charge on any atom is -0.349 e. The van der Waals surface area contributed by atoms with E-state index < -0.39 is 0 Å². The topological polar surface area (TPSA) is 57.8 Å². The van der Waals surface area contributed by atoms with E-state index in [0.29, 0.717) is 5.75 Å². The highest BCUT2D eigenvalue weighted by molar-refractivity contribution is 7.99. The van der Waals surface area contributed by atoms with Crippen molar-refractivity contribution >= 4 is 39.5 Å². The third-order valence-corrected chi connectivity index (χ3v) is 5.25. The third-order valence-electron chi connectivity index (χ3n) is 4.37. The standard InChI is InChI=1S/C21H19N3OS/c1-14(16-10-6-8-15-7-2-3-9-17(15)16)22-20(25)13-26-21-23-18-11-4-5-12-19(18)24-21/h2-12,14H,13H2,1H3,(H,22,25)(H,23,24)/t14-/m0/s1. The van der Waals surface area contributed by atoms with E-state index in [4.69, 9.17) is 0 Å². The fraction of sp³-hybridized carbons (Fsp3) is 0.143. The van der Waals surface area contributed by atoms with Crippen molar-refractivity contribution in [2.45, 2.75) is 18.1 Å². The van der Waals surface area contributed by atoms with Gasteiger partial charge in [-0.05, 0) is 35.4 Å². The van der Waals surface area contributed by atoms with Gasteiger partial charge in [0.15, 0.2) is 5.16 Å². The summed E-state index contributed by atoms with van der Waals surface area (Å²) in [7, 11) is 0. The van der Waals surface area contributed by atoms with E-state index in [1.165, 1.54) is 22.5 Å². The number of aromatic nitrogens is 2. The Morgan fingerprint density at radius 2 is 1.85 bits per heavy atom. The van der Waals surface area contributed by atoms with E-state index in [2.05, 4.69) is 39.6 Å². The summed E-state index contributed by atoms with van der Waals surface area (Å²) in [6.07, 6.45) is 0. The van der Waals surface area contributed by atoms with Gasteiger partial charge in [-0.1, -0.05) is 66.4 Å². The monoisotopic (exact) mass is 361 g/mol. The maximum absolute atomic E-state index is 12.4. The molecule has 4 aromatic rings. The van der Waals surface area contributed by atoms with E-state index >= 15 is 0 Å². The second kappa shape index (κ2) is 7.22. The molecule has 1 amide bonds. The Balaban J connectivity index is 1.42. The molecule has 0 bridgehead atoms. The number of imidazole rings is 1. The summed E-state index contributed by atoms with van der Waals surface area (Å²) in [5.41, 5.74) is 3.03. The normalized spacial score (nSPS) is 12.3. The molecule has 0 aliphatic heterocycles. The zero-order chi connectivity index (χ0) is 17.9. The summed E-state index contributed by atoms with van der Waals surface area (Å²) in [6, 6.07) is 22.2. The van der Waals surface area contributed by atoms with Crippen LogP contribution in [0, 0.1) is 0 Å². The molecule has 1 heterocycles. The van der Waals surface area contributed by atoms with Crippen LogP contribution in [0.1, 0.15) is 18.5 Å². The first-order chi connectivity index (χ1) is 12.7. The number of amides is 1. The van der Waals surface area contributed by atoms with Crippen molar-refractivity contribution in [3.05, 3.63) is 72.3 Å². The predicted molar refractivity (Wildman–Crippen MR) is 107 cm³/mol. The lowest BCUT2D eigenvalue weighted by Crippen LogP contribution is -2.28. The van der Waals surface area contributed by atoms with Gasteiger partial charge in [-0.2, -0.15) is 0 Å². The number of nitrogens with zero attached hydrogens (tertiary/aromatic N) is 1. The molecule has 0 saturated carbocycles. The predicted octanol–water partition coefficient (Wildman–Crippen LogP) is 4.69. The Kier molecular flexibility index (Phi) is 4.63. The fourth-order valence-corrected chi connectivity index (χ4v) is 3.82. The number of thioether (sulfide) groups is 1. The van der Waals surface area contributed by atoms with Gasteiger partial charge in [0, 0.05) is 0 Å². The van der Waals surface area contributed by atoms with Crippen molar-refractivity contribution in [3.63, 3.8) is 0 Å². The van der Waals surface area contributed by atoms with Crippen LogP contribution in [-0.2, 0) is 4.79 Å². The van der Waals surface area contributed by atoms with Gasteiger partial charge in [0.05, 0.1) is 22.8 Å². The van der Waals surface area contributed by atoms with Crippen LogP contribution in [-0.4, -0.2) is 21.6 Å². The van der Waals surface area contributed by atoms with Gasteiger partial charge in [-0.3, -0.25) is 4.79 Å². The highest BCUT2D eigenvalue weighted by atomic mass is 32.2. The fourth-order valence-electron chi connectivity index (χ4n) is 3.12. The molecular formula is C21H19N3OS. The number of carbonyl (C=O) groups excluding carboxylic acids is 1. The van der Waals surface area contributed by atoms with E-state index in [9.17, 15) is 4.79 Å². The number of nitrogens with one attached hydrogen (secondary N) is 2. The second-order valence-corrected chi connectivity index (χ2v) is 7.17. The molecule has 0 fully saturated rings. The van der Waals surface area contributed by atoms with Crippen molar-refractivity contribution in [2.75, 3.05) is 5.75 Å². The molecule has 1 aromatic heterocycles. The molecule has 0 unspecified atom stereocenters. The van der Waals surface area contributed by atoms with Crippen LogP contribution in [0.3, 0.4) is 0 Å². The van der Waals surface area contributed by atoms with Gasteiger partial charge >= 0.3 is 0 Å². The largest absolute Gasteiger partial charge is 0.349 e. The van der Waals surface area contributed by atoms with Crippen LogP contribution in [0.2, 0.25) is 0 Å². The molecule has 0 saturated heterocycles. The Hall–Kier alpha value is -2.79. The van der Waals surface area contributed by atoms with Crippen LogP contribution in [0.15, 0.2) is 71.9 Å². The molecule has 0 aliphatic rings. The lowest BCUT2D eigenvalue weighted by atomic mass is 10.00. The Morgan fingerprint density at radius 3 is 2.73 bits per heavy atom. The summed E-state index contributed by atoms with van der Waals surface area (Å²) in [6.45, 7) is 2.02. The molecule has 130 valence electrons. The van der Waals surface area contributed by atoms with Gasteiger partial charge in [0.25, 0.3) is 0 Å². The van der Waals surface area contributed by atoms with Gasteiger partial charge in [-0.15, -0.1) is 0 Å². The molecule has 5 heteroatoms. The minimum absolute atomic E-state index is 0.00381. The number of benzene rings is 3. The summed E-state index contributed by atoms with van der Waals surface area (Å²) in [5, 5.41) is 6.21. The van der Waals surface area contributed by atoms with Crippen LogP contribution in [0.4, 0.5) is 0 Å². The number of aromatic amines is 1. The zero-order valence-electron chi connectivity index (χ0n) is 14.4. The zero-order valence-corrected chi connectivity index (χ0v) is 15.2. The van der Waals surface area contributed by atoms with E-state index in [0.717, 1.165) is 21.8 Å². The molecular weight excluding hydrogens is 342 g/mol. The summed E-state index contributed by atoms with van der Waals surface area (Å²) >= 11 is 1.42. The highest BCUT2D eigenvalue weighted by Crippen LogP contribution is 2.24. The van der Waals surface area contributed by atoms with Crippen molar-refractivity contribution in [2.24, 2.45) is 0 Å². The molecule has 0 spiro atoms. The smallest absolute Gasteiger partial charge is 0.230 e. The van der Waals surface area contributed by atoms with Crippen molar-refractivity contribution in [1.29, 1.82) is 0 Å². The van der Waals surface area contributed by atoms with Gasteiger partial charge in [0.1, 0.15) is 0 Å². The average Bonchev–Trinajstić information content (AvgIpc) is 3.09. The summed E-state index contributed by atoms with van der Waals surface area (Å²) < 4.78 is 0. The number of fused-ring (bicyclic) bond motifs is 2. The molecule has 4 nitrogen and oxygen atoms in total. The van der Waals surface area contributed by atoms with E-state index in [-0.39, 0.29) is 11.9 Å².